The molecule has 1 unspecified atom stereocenters. The number of benzene rings is 2. The van der Waals surface area contributed by atoms with Gasteiger partial charge in [0.25, 0.3) is 0 Å². The van der Waals surface area contributed by atoms with E-state index in [9.17, 15) is 8.42 Å². The lowest BCUT2D eigenvalue weighted by molar-refractivity contribution is 0.255. The number of hydrogen-bond acceptors (Lipinski definition) is 5. The number of hydrogen-bond donors (Lipinski definition) is 0. The molecule has 0 N–H and O–H groups in total. The Balaban J connectivity index is 1.72. The van der Waals surface area contributed by atoms with Crippen LogP contribution in [0.2, 0.25) is 0 Å². The third-order valence-electron chi connectivity index (χ3n) is 4.72. The Morgan fingerprint density at radius 1 is 1.12 bits per heavy atom. The van der Waals surface area contributed by atoms with Gasteiger partial charge in [-0.3, -0.25) is 0 Å². The molecular weight excluding hydrogens is 368 g/mol. The Labute approximate surface area is 157 Å². The van der Waals surface area contributed by atoms with Gasteiger partial charge in [-0.2, -0.15) is 4.31 Å². The van der Waals surface area contributed by atoms with Crippen molar-refractivity contribution in [2.24, 2.45) is 0 Å². The molecule has 3 aromatic rings. The normalized spacial score (nSPS) is 18.9. The van der Waals surface area contributed by atoms with E-state index in [1.54, 1.807) is 47.0 Å². The summed E-state index contributed by atoms with van der Waals surface area (Å²) in [5.74, 6) is 0.644. The van der Waals surface area contributed by atoms with Crippen LogP contribution in [0, 0.1) is 0 Å². The fraction of sp³-hybridized carbons (Fsp3) is 0.316. The Hall–Kier alpha value is -1.96. The molecule has 1 aliphatic heterocycles. The van der Waals surface area contributed by atoms with Crippen molar-refractivity contribution in [3.63, 3.8) is 0 Å². The molecule has 1 atom stereocenters. The van der Waals surface area contributed by atoms with Crippen molar-refractivity contribution in [2.45, 2.75) is 30.2 Å². The lowest BCUT2D eigenvalue weighted by Crippen LogP contribution is -2.38. The molecule has 2 aromatic carbocycles. The summed E-state index contributed by atoms with van der Waals surface area (Å²) in [6.07, 6.45) is 2.68. The maximum absolute atomic E-state index is 13.2. The number of methoxy groups -OCH3 is 1. The van der Waals surface area contributed by atoms with E-state index in [1.165, 1.54) is 0 Å². The van der Waals surface area contributed by atoms with Gasteiger partial charge < -0.3 is 4.74 Å². The van der Waals surface area contributed by atoms with Crippen molar-refractivity contribution in [2.75, 3.05) is 13.7 Å². The summed E-state index contributed by atoms with van der Waals surface area (Å²) >= 11 is 1.59. The van der Waals surface area contributed by atoms with Gasteiger partial charge in [0.1, 0.15) is 10.8 Å². The largest absolute Gasteiger partial charge is 0.497 e. The SMILES string of the molecule is COc1ccc(S(=O)(=O)N2CCCCC2c2nc3ccccc3s2)cc1. The topological polar surface area (TPSA) is 59.5 Å². The van der Waals surface area contributed by atoms with E-state index in [2.05, 4.69) is 0 Å². The van der Waals surface area contributed by atoms with Crippen LogP contribution in [0.5, 0.6) is 5.75 Å². The van der Waals surface area contributed by atoms with E-state index in [-0.39, 0.29) is 6.04 Å². The molecule has 0 bridgehead atoms. The second-order valence-corrected chi connectivity index (χ2v) is 9.28. The molecule has 2 heterocycles. The Kier molecular flexibility index (Phi) is 4.69. The third-order valence-corrected chi connectivity index (χ3v) is 7.78. The highest BCUT2D eigenvalue weighted by molar-refractivity contribution is 7.89. The summed E-state index contributed by atoms with van der Waals surface area (Å²) in [5.41, 5.74) is 0.930. The molecule has 1 fully saturated rings. The lowest BCUT2D eigenvalue weighted by Gasteiger charge is -2.33. The monoisotopic (exact) mass is 388 g/mol. The van der Waals surface area contributed by atoms with Crippen LogP contribution < -0.4 is 4.74 Å². The molecule has 7 heteroatoms. The lowest BCUT2D eigenvalue weighted by atomic mass is 10.1. The van der Waals surface area contributed by atoms with E-state index in [0.717, 1.165) is 34.5 Å². The molecule has 0 aliphatic carbocycles. The van der Waals surface area contributed by atoms with Crippen LogP contribution in [0.25, 0.3) is 10.2 Å². The van der Waals surface area contributed by atoms with Crippen molar-refractivity contribution in [3.8, 4) is 5.75 Å². The van der Waals surface area contributed by atoms with Crippen LogP contribution in [0.15, 0.2) is 53.4 Å². The Morgan fingerprint density at radius 3 is 2.62 bits per heavy atom. The highest BCUT2D eigenvalue weighted by Gasteiger charge is 2.36. The van der Waals surface area contributed by atoms with Gasteiger partial charge in [0, 0.05) is 6.54 Å². The predicted octanol–water partition coefficient (Wildman–Crippen LogP) is 4.22. The number of ether oxygens (including phenoxy) is 1. The standard InChI is InChI=1S/C19H20N2O3S2/c1-24-14-9-11-15(12-10-14)26(22,23)21-13-5-4-7-17(21)19-20-16-6-2-3-8-18(16)25-19/h2-3,6,8-12,17H,4-5,7,13H2,1H3. The third kappa shape index (κ3) is 3.11. The minimum absolute atomic E-state index is 0.201. The smallest absolute Gasteiger partial charge is 0.243 e. The first-order valence-corrected chi connectivity index (χ1v) is 10.9. The maximum Gasteiger partial charge on any atom is 0.243 e. The first kappa shape index (κ1) is 17.5. The molecule has 0 spiro atoms. The molecule has 1 aromatic heterocycles. The van der Waals surface area contributed by atoms with Crippen LogP contribution in [-0.4, -0.2) is 31.4 Å². The molecule has 0 radical (unpaired) electrons. The molecule has 4 rings (SSSR count). The summed E-state index contributed by atoms with van der Waals surface area (Å²) in [5, 5.41) is 0.878. The Bertz CT molecular complexity index is 980. The van der Waals surface area contributed by atoms with Gasteiger partial charge in [-0.25, -0.2) is 13.4 Å². The van der Waals surface area contributed by atoms with Gasteiger partial charge in [-0.1, -0.05) is 18.6 Å². The van der Waals surface area contributed by atoms with Crippen LogP contribution in [0.4, 0.5) is 0 Å². The van der Waals surface area contributed by atoms with Gasteiger partial charge in [0.05, 0.1) is 28.3 Å². The molecule has 5 nitrogen and oxygen atoms in total. The van der Waals surface area contributed by atoms with Gasteiger partial charge in [-0.15, -0.1) is 11.3 Å². The molecule has 1 aliphatic rings. The summed E-state index contributed by atoms with van der Waals surface area (Å²) in [6, 6.07) is 14.3. The number of fused-ring (bicyclic) bond motifs is 1. The van der Waals surface area contributed by atoms with Crippen molar-refractivity contribution in [1.29, 1.82) is 0 Å². The highest BCUT2D eigenvalue weighted by Crippen LogP contribution is 2.38. The van der Waals surface area contributed by atoms with Crippen molar-refractivity contribution < 1.29 is 13.2 Å². The zero-order valence-electron chi connectivity index (χ0n) is 14.5. The maximum atomic E-state index is 13.2. The van der Waals surface area contributed by atoms with E-state index < -0.39 is 10.0 Å². The molecule has 26 heavy (non-hydrogen) atoms. The number of rotatable bonds is 4. The Morgan fingerprint density at radius 2 is 1.88 bits per heavy atom. The fourth-order valence-corrected chi connectivity index (χ4v) is 6.20. The minimum Gasteiger partial charge on any atom is -0.497 e. The summed E-state index contributed by atoms with van der Waals surface area (Å²) in [6.45, 7) is 0.523. The molecule has 1 saturated heterocycles. The van der Waals surface area contributed by atoms with Crippen LogP contribution >= 0.6 is 11.3 Å². The van der Waals surface area contributed by atoms with Gasteiger partial charge in [0.15, 0.2) is 0 Å². The van der Waals surface area contributed by atoms with E-state index in [1.807, 2.05) is 24.3 Å². The fourth-order valence-electron chi connectivity index (χ4n) is 3.36. The van der Waals surface area contributed by atoms with Crippen LogP contribution in [-0.2, 0) is 10.0 Å². The van der Waals surface area contributed by atoms with Crippen molar-refractivity contribution >= 4 is 31.6 Å². The number of aromatic nitrogens is 1. The zero-order valence-corrected chi connectivity index (χ0v) is 16.1. The summed E-state index contributed by atoms with van der Waals surface area (Å²) in [4.78, 5) is 5.01. The van der Waals surface area contributed by atoms with Crippen LogP contribution in [0.3, 0.4) is 0 Å². The summed E-state index contributed by atoms with van der Waals surface area (Å²) < 4.78 is 34.3. The van der Waals surface area contributed by atoms with Gasteiger partial charge in [0.2, 0.25) is 10.0 Å². The first-order chi connectivity index (χ1) is 12.6. The molecule has 0 amide bonds. The van der Waals surface area contributed by atoms with E-state index in [0.29, 0.717) is 17.2 Å². The average Bonchev–Trinajstić information content (AvgIpc) is 3.12. The average molecular weight is 389 g/mol. The van der Waals surface area contributed by atoms with Gasteiger partial charge >= 0.3 is 0 Å². The number of piperidine rings is 1. The predicted molar refractivity (Wildman–Crippen MR) is 103 cm³/mol. The molecule has 0 saturated carbocycles. The summed E-state index contributed by atoms with van der Waals surface area (Å²) in [7, 11) is -2.01. The highest BCUT2D eigenvalue weighted by atomic mass is 32.2. The quantitative estimate of drug-likeness (QED) is 0.671. The first-order valence-electron chi connectivity index (χ1n) is 8.61. The van der Waals surface area contributed by atoms with Crippen molar-refractivity contribution in [3.05, 3.63) is 53.5 Å². The zero-order chi connectivity index (χ0) is 18.1. The number of sulfonamides is 1. The number of thiazole rings is 1. The van der Waals surface area contributed by atoms with E-state index in [4.69, 9.17) is 9.72 Å². The second kappa shape index (κ2) is 6.98. The minimum atomic E-state index is -3.58. The van der Waals surface area contributed by atoms with Crippen molar-refractivity contribution in [1.82, 2.24) is 9.29 Å². The number of para-hydroxylation sites is 1. The second-order valence-electron chi connectivity index (χ2n) is 6.32. The van der Waals surface area contributed by atoms with Crippen LogP contribution in [0.1, 0.15) is 30.3 Å². The molecular formula is C19H20N2O3S2. The van der Waals surface area contributed by atoms with E-state index >= 15 is 0 Å². The molecule has 136 valence electrons. The van der Waals surface area contributed by atoms with Gasteiger partial charge in [-0.05, 0) is 49.2 Å². The number of nitrogens with zero attached hydrogens (tertiary/aromatic N) is 2.